The van der Waals surface area contributed by atoms with Crippen molar-refractivity contribution in [3.63, 3.8) is 0 Å². The maximum atomic E-state index is 10.1. The van der Waals surface area contributed by atoms with Crippen LogP contribution < -0.4 is 0 Å². The summed E-state index contributed by atoms with van der Waals surface area (Å²) in [5.74, 6) is 0.817. The summed E-state index contributed by atoms with van der Waals surface area (Å²) in [6.07, 6.45) is 4.15. The van der Waals surface area contributed by atoms with E-state index in [-0.39, 0.29) is 5.88 Å². The molecule has 0 saturated heterocycles. The van der Waals surface area contributed by atoms with Crippen molar-refractivity contribution in [3.8, 4) is 17.3 Å². The normalized spacial score (nSPS) is 10.9. The van der Waals surface area contributed by atoms with Crippen molar-refractivity contribution in [1.82, 2.24) is 14.5 Å². The maximum Gasteiger partial charge on any atom is 0.203 e. The lowest BCUT2D eigenvalue weighted by molar-refractivity contribution is 0.410. The fourth-order valence-corrected chi connectivity index (χ4v) is 2.00. The van der Waals surface area contributed by atoms with Gasteiger partial charge in [0, 0.05) is 12.7 Å². The number of benzene rings is 1. The topological polar surface area (TPSA) is 50.9 Å². The molecule has 1 aromatic carbocycles. The number of aryl methyl sites for hydroxylation is 2. The third-order valence-corrected chi connectivity index (χ3v) is 3.00. The molecule has 1 aromatic rings. The van der Waals surface area contributed by atoms with Crippen LogP contribution in [0.1, 0.15) is 5.56 Å². The second kappa shape index (κ2) is 4.49. The van der Waals surface area contributed by atoms with Gasteiger partial charge < -0.3 is 9.67 Å². The first-order chi connectivity index (χ1) is 8.84. The lowest BCUT2D eigenvalue weighted by Crippen LogP contribution is -2.05. The number of hydrogen-bond acceptors (Lipinski definition) is 3. The molecule has 0 amide bonds. The van der Waals surface area contributed by atoms with Gasteiger partial charge in [-0.1, -0.05) is 30.3 Å². The molecule has 18 heavy (non-hydrogen) atoms. The summed E-state index contributed by atoms with van der Waals surface area (Å²) in [5.41, 5.74) is 1.94. The third kappa shape index (κ3) is 1.93. The largest absolute Gasteiger partial charge is 0.494 e. The van der Waals surface area contributed by atoms with E-state index in [0.717, 1.165) is 6.42 Å². The molecule has 2 heterocycles. The summed E-state index contributed by atoms with van der Waals surface area (Å²) < 4.78 is 1.75. The molecule has 0 aromatic heterocycles. The minimum Gasteiger partial charge on any atom is -0.494 e. The van der Waals surface area contributed by atoms with Gasteiger partial charge in [0.1, 0.15) is 0 Å². The second-order valence-electron chi connectivity index (χ2n) is 4.18. The van der Waals surface area contributed by atoms with Gasteiger partial charge in [0.25, 0.3) is 0 Å². The molecule has 90 valence electrons. The van der Waals surface area contributed by atoms with E-state index in [1.807, 2.05) is 18.2 Å². The summed E-state index contributed by atoms with van der Waals surface area (Å²) in [6.45, 7) is 0.698. The average Bonchev–Trinajstić information content (AvgIpc) is 2.88. The summed E-state index contributed by atoms with van der Waals surface area (Å²) >= 11 is 0. The van der Waals surface area contributed by atoms with Crippen molar-refractivity contribution in [2.75, 3.05) is 0 Å². The van der Waals surface area contributed by atoms with Crippen LogP contribution in [0.3, 0.4) is 0 Å². The van der Waals surface area contributed by atoms with E-state index in [2.05, 4.69) is 22.1 Å². The minimum atomic E-state index is 0.230. The Morgan fingerprint density at radius 2 is 1.89 bits per heavy atom. The number of aromatic nitrogens is 3. The van der Waals surface area contributed by atoms with Gasteiger partial charge in [-0.3, -0.25) is 0 Å². The molecule has 0 bridgehead atoms. The minimum absolute atomic E-state index is 0.230. The molecule has 0 saturated carbocycles. The van der Waals surface area contributed by atoms with E-state index >= 15 is 0 Å². The van der Waals surface area contributed by atoms with Gasteiger partial charge in [-0.05, 0) is 18.1 Å². The van der Waals surface area contributed by atoms with Crippen LogP contribution >= 0.6 is 0 Å². The molecule has 3 rings (SSSR count). The first kappa shape index (κ1) is 10.8. The van der Waals surface area contributed by atoms with Crippen molar-refractivity contribution in [2.45, 2.75) is 13.0 Å². The Morgan fingerprint density at radius 3 is 2.72 bits per heavy atom. The van der Waals surface area contributed by atoms with E-state index < -0.39 is 0 Å². The van der Waals surface area contributed by atoms with Gasteiger partial charge in [-0.25, -0.2) is 9.97 Å². The van der Waals surface area contributed by atoms with Crippen molar-refractivity contribution in [3.05, 3.63) is 54.5 Å². The Morgan fingerprint density at radius 1 is 1.06 bits per heavy atom. The van der Waals surface area contributed by atoms with Gasteiger partial charge in [0.15, 0.2) is 5.82 Å². The molecule has 1 N–H and O–H groups in total. The predicted octanol–water partition coefficient (Wildman–Crippen LogP) is 2.33. The van der Waals surface area contributed by atoms with Crippen LogP contribution in [-0.4, -0.2) is 19.6 Å². The van der Waals surface area contributed by atoms with Gasteiger partial charge >= 0.3 is 0 Å². The Kier molecular flexibility index (Phi) is 2.68. The highest BCUT2D eigenvalue weighted by molar-refractivity contribution is 5.62. The Hall–Kier alpha value is -2.36. The van der Waals surface area contributed by atoms with E-state index in [1.165, 1.54) is 5.56 Å². The molecule has 2 aliphatic rings. The van der Waals surface area contributed by atoms with Crippen LogP contribution in [0, 0.1) is 0 Å². The zero-order valence-electron chi connectivity index (χ0n) is 9.82. The van der Waals surface area contributed by atoms with Crippen LogP contribution in [0.15, 0.2) is 48.9 Å². The highest BCUT2D eigenvalue weighted by Crippen LogP contribution is 2.27. The summed E-state index contributed by atoms with van der Waals surface area (Å²) in [6, 6.07) is 12.0. The molecule has 0 unspecified atom stereocenters. The molecule has 4 heteroatoms. The predicted molar refractivity (Wildman–Crippen MR) is 68.5 cm³/mol. The zero-order chi connectivity index (χ0) is 12.4. The first-order valence-corrected chi connectivity index (χ1v) is 5.87. The molecule has 0 aliphatic carbocycles. The van der Waals surface area contributed by atoms with Crippen molar-refractivity contribution in [1.29, 1.82) is 0 Å². The smallest absolute Gasteiger partial charge is 0.203 e. The number of fused-ring (bicyclic) bond motifs is 1. The Balaban J connectivity index is 1.83. The van der Waals surface area contributed by atoms with E-state index in [9.17, 15) is 5.11 Å². The zero-order valence-corrected chi connectivity index (χ0v) is 9.82. The van der Waals surface area contributed by atoms with E-state index in [1.54, 1.807) is 23.2 Å². The number of nitrogens with zero attached hydrogens (tertiary/aromatic N) is 3. The fourth-order valence-electron chi connectivity index (χ4n) is 2.00. The number of rotatable bonds is 3. The standard InChI is InChI=1S/C14H13N3O/c18-14-12-6-8-15-13(12)16-10-17(14)9-7-11-4-2-1-3-5-11/h1-6,8,10,18H,7,9H2. The van der Waals surface area contributed by atoms with E-state index in [0.29, 0.717) is 17.9 Å². The molecule has 2 aliphatic heterocycles. The Labute approximate surface area is 105 Å². The van der Waals surface area contributed by atoms with Crippen LogP contribution in [0.2, 0.25) is 0 Å². The quantitative estimate of drug-likeness (QED) is 0.763. The fraction of sp³-hybridized carbons (Fsp3) is 0.143. The number of aromatic hydroxyl groups is 1. The lowest BCUT2D eigenvalue weighted by Gasteiger charge is -2.11. The van der Waals surface area contributed by atoms with Crippen molar-refractivity contribution in [2.24, 2.45) is 0 Å². The van der Waals surface area contributed by atoms with Gasteiger partial charge in [0.2, 0.25) is 5.88 Å². The van der Waals surface area contributed by atoms with Crippen molar-refractivity contribution >= 4 is 0 Å². The van der Waals surface area contributed by atoms with Crippen LogP contribution in [0.5, 0.6) is 5.88 Å². The molecule has 4 nitrogen and oxygen atoms in total. The van der Waals surface area contributed by atoms with Gasteiger partial charge in [-0.2, -0.15) is 0 Å². The SMILES string of the molecule is Oc1c2ccnc-2ncn1CCc1ccccc1. The molecule has 0 radical (unpaired) electrons. The average molecular weight is 239 g/mol. The van der Waals surface area contributed by atoms with Crippen LogP contribution in [-0.2, 0) is 13.0 Å². The second-order valence-corrected chi connectivity index (χ2v) is 4.18. The summed E-state index contributed by atoms with van der Waals surface area (Å²) in [7, 11) is 0. The van der Waals surface area contributed by atoms with Crippen LogP contribution in [0.25, 0.3) is 11.4 Å². The molecule has 0 spiro atoms. The van der Waals surface area contributed by atoms with E-state index in [4.69, 9.17) is 0 Å². The highest BCUT2D eigenvalue weighted by Gasteiger charge is 2.13. The van der Waals surface area contributed by atoms with Gasteiger partial charge in [0.05, 0.1) is 11.9 Å². The third-order valence-electron chi connectivity index (χ3n) is 3.00. The maximum absolute atomic E-state index is 10.1. The lowest BCUT2D eigenvalue weighted by atomic mass is 10.1. The summed E-state index contributed by atoms with van der Waals surface area (Å²) in [5, 5.41) is 10.1. The van der Waals surface area contributed by atoms with Crippen LogP contribution in [0.4, 0.5) is 0 Å². The molecule has 0 atom stereocenters. The molecular weight excluding hydrogens is 226 g/mol. The highest BCUT2D eigenvalue weighted by atomic mass is 16.3. The van der Waals surface area contributed by atoms with Crippen molar-refractivity contribution < 1.29 is 5.11 Å². The Bertz CT molecular complexity index is 618. The molecular formula is C14H13N3O. The molecule has 0 fully saturated rings. The van der Waals surface area contributed by atoms with Gasteiger partial charge in [-0.15, -0.1) is 0 Å². The summed E-state index contributed by atoms with van der Waals surface area (Å²) in [4.78, 5) is 8.26. The number of hydrogen-bond donors (Lipinski definition) is 1. The monoisotopic (exact) mass is 239 g/mol. The first-order valence-electron chi connectivity index (χ1n) is 5.87.